The van der Waals surface area contributed by atoms with Gasteiger partial charge in [-0.15, -0.1) is 0 Å². The summed E-state index contributed by atoms with van der Waals surface area (Å²) < 4.78 is 0. The zero-order valence-electron chi connectivity index (χ0n) is 29.7. The summed E-state index contributed by atoms with van der Waals surface area (Å²) in [6.07, 6.45) is 7.50. The third-order valence-corrected chi connectivity index (χ3v) is 9.58. The molecule has 54 heavy (non-hydrogen) atoms. The molecule has 258 valence electrons. The average Bonchev–Trinajstić information content (AvgIpc) is 3.27. The summed E-state index contributed by atoms with van der Waals surface area (Å²) in [7, 11) is 1.00. The minimum absolute atomic E-state index is 0.946. The summed E-state index contributed by atoms with van der Waals surface area (Å²) in [4.78, 5) is 18.7. The molecule has 0 spiro atoms. The summed E-state index contributed by atoms with van der Waals surface area (Å²) >= 11 is 0. The van der Waals surface area contributed by atoms with E-state index in [9.17, 15) is 0 Å². The number of aliphatic hydroxyl groups is 1. The van der Waals surface area contributed by atoms with Crippen LogP contribution in [0.5, 0.6) is 0 Å². The number of benzene rings is 6. The van der Waals surface area contributed by atoms with Crippen LogP contribution in [-0.2, 0) is 0 Å². The molecule has 0 fully saturated rings. The number of aromatic nitrogens is 4. The Labute approximate surface area is 313 Å². The molecule has 0 aliphatic heterocycles. The maximum atomic E-state index is 7.00. The van der Waals surface area contributed by atoms with E-state index in [2.05, 4.69) is 166 Å². The molecule has 5 heteroatoms. The molecule has 0 bridgehead atoms. The second-order valence-corrected chi connectivity index (χ2v) is 12.6. The largest absolute Gasteiger partial charge is 0.400 e. The summed E-state index contributed by atoms with van der Waals surface area (Å²) in [5.41, 5.74) is 13.3. The molecule has 10 aromatic rings. The van der Waals surface area contributed by atoms with Crippen molar-refractivity contribution in [2.75, 3.05) is 7.11 Å². The fourth-order valence-electron chi connectivity index (χ4n) is 7.13. The molecule has 0 saturated carbocycles. The van der Waals surface area contributed by atoms with Crippen molar-refractivity contribution in [3.05, 3.63) is 195 Å². The lowest BCUT2D eigenvalue weighted by atomic mass is 9.97. The molecule has 0 atom stereocenters. The Morgan fingerprint density at radius 2 is 0.463 bits per heavy atom. The number of nitrogens with zero attached hydrogens (tertiary/aromatic N) is 4. The number of fused-ring (bicyclic) bond motifs is 6. The van der Waals surface area contributed by atoms with Crippen LogP contribution in [0.25, 0.3) is 88.1 Å². The second kappa shape index (κ2) is 15.7. The maximum Gasteiger partial charge on any atom is 0.0970 e. The van der Waals surface area contributed by atoms with E-state index >= 15 is 0 Å². The number of hydrogen-bond acceptors (Lipinski definition) is 5. The van der Waals surface area contributed by atoms with Crippen molar-refractivity contribution in [3.63, 3.8) is 0 Å². The molecule has 10 rings (SSSR count). The molecular formula is C49H36N4O. The van der Waals surface area contributed by atoms with Crippen LogP contribution in [-0.4, -0.2) is 32.2 Å². The summed E-state index contributed by atoms with van der Waals surface area (Å²) in [5.74, 6) is 0. The Morgan fingerprint density at radius 1 is 0.259 bits per heavy atom. The highest BCUT2D eigenvalue weighted by Gasteiger charge is 2.13. The van der Waals surface area contributed by atoms with Gasteiger partial charge in [-0.2, -0.15) is 0 Å². The highest BCUT2D eigenvalue weighted by Crippen LogP contribution is 2.36. The van der Waals surface area contributed by atoms with Gasteiger partial charge in [0.15, 0.2) is 0 Å². The fraction of sp³-hybridized carbons (Fsp3) is 0.0204. The van der Waals surface area contributed by atoms with E-state index in [0.29, 0.717) is 0 Å². The minimum atomic E-state index is 0.946. The van der Waals surface area contributed by atoms with Crippen molar-refractivity contribution in [2.24, 2.45) is 0 Å². The predicted molar refractivity (Wildman–Crippen MR) is 224 cm³/mol. The lowest BCUT2D eigenvalue weighted by Crippen LogP contribution is -1.90. The summed E-state index contributed by atoms with van der Waals surface area (Å²) in [6, 6.07) is 58.7. The van der Waals surface area contributed by atoms with Gasteiger partial charge in [-0.1, -0.05) is 146 Å². The van der Waals surface area contributed by atoms with Gasteiger partial charge in [0, 0.05) is 53.4 Å². The van der Waals surface area contributed by atoms with Crippen molar-refractivity contribution in [1.29, 1.82) is 0 Å². The van der Waals surface area contributed by atoms with Crippen molar-refractivity contribution >= 4 is 43.6 Å². The maximum absolute atomic E-state index is 7.00. The Balaban J connectivity index is 0.000000147. The fourth-order valence-corrected chi connectivity index (χ4v) is 7.13. The van der Waals surface area contributed by atoms with Crippen LogP contribution in [0.1, 0.15) is 0 Å². The van der Waals surface area contributed by atoms with E-state index in [-0.39, 0.29) is 0 Å². The molecule has 1 N–H and O–H groups in total. The highest BCUT2D eigenvalue weighted by atomic mass is 16.2. The smallest absolute Gasteiger partial charge is 0.0970 e. The molecule has 0 unspecified atom stereocenters. The minimum Gasteiger partial charge on any atom is -0.400 e. The topological polar surface area (TPSA) is 71.8 Å². The quantitative estimate of drug-likeness (QED) is 0.185. The normalized spacial score (nSPS) is 10.8. The molecule has 0 saturated heterocycles. The number of aliphatic hydroxyl groups excluding tert-OH is 1. The summed E-state index contributed by atoms with van der Waals surface area (Å²) in [5, 5.41) is 11.5. The van der Waals surface area contributed by atoms with E-state index in [1.807, 2.05) is 49.1 Å². The van der Waals surface area contributed by atoms with E-state index in [0.717, 1.165) is 50.7 Å². The van der Waals surface area contributed by atoms with E-state index in [1.165, 1.54) is 44.5 Å². The van der Waals surface area contributed by atoms with E-state index in [4.69, 9.17) is 5.11 Å². The van der Waals surface area contributed by atoms with Gasteiger partial charge in [0.25, 0.3) is 0 Å². The molecular weight excluding hydrogens is 661 g/mol. The Hall–Kier alpha value is -7.08. The van der Waals surface area contributed by atoms with Crippen molar-refractivity contribution in [3.8, 4) is 44.5 Å². The number of rotatable bonds is 4. The number of hydrogen-bond donors (Lipinski definition) is 1. The van der Waals surface area contributed by atoms with Crippen LogP contribution in [0.3, 0.4) is 0 Å². The molecule has 4 heterocycles. The predicted octanol–water partition coefficient (Wildman–Crippen LogP) is 11.8. The first-order chi connectivity index (χ1) is 26.8. The Kier molecular flexibility index (Phi) is 9.87. The van der Waals surface area contributed by atoms with Crippen LogP contribution >= 0.6 is 0 Å². The van der Waals surface area contributed by atoms with E-state index < -0.39 is 0 Å². The van der Waals surface area contributed by atoms with Crippen molar-refractivity contribution in [2.45, 2.75) is 0 Å². The SMILES string of the molecule is CO.c1ccc(-c2ccnc3c2ccc2c(-c4ccccc4)ccnc23)cc1.c1ccc(-c2ccnc3c2ccc2c(-c4ccccc4)ccnc23)cc1. The third kappa shape index (κ3) is 6.56. The Morgan fingerprint density at radius 3 is 0.667 bits per heavy atom. The Bertz CT molecular complexity index is 2430. The molecule has 4 aromatic heterocycles. The third-order valence-electron chi connectivity index (χ3n) is 9.58. The lowest BCUT2D eigenvalue weighted by Gasteiger charge is -2.11. The second-order valence-electron chi connectivity index (χ2n) is 12.6. The van der Waals surface area contributed by atoms with Crippen LogP contribution in [0.4, 0.5) is 0 Å². The molecule has 0 amide bonds. The van der Waals surface area contributed by atoms with Gasteiger partial charge in [-0.25, -0.2) is 0 Å². The van der Waals surface area contributed by atoms with E-state index in [1.54, 1.807) is 0 Å². The van der Waals surface area contributed by atoms with Crippen LogP contribution < -0.4 is 0 Å². The van der Waals surface area contributed by atoms with Gasteiger partial charge in [0.2, 0.25) is 0 Å². The van der Waals surface area contributed by atoms with Gasteiger partial charge in [-0.05, 0) is 68.8 Å². The van der Waals surface area contributed by atoms with Gasteiger partial charge >= 0.3 is 0 Å². The lowest BCUT2D eigenvalue weighted by molar-refractivity contribution is 0.399. The average molecular weight is 697 g/mol. The monoisotopic (exact) mass is 696 g/mol. The first-order valence-electron chi connectivity index (χ1n) is 17.8. The zero-order valence-corrected chi connectivity index (χ0v) is 29.7. The summed E-state index contributed by atoms with van der Waals surface area (Å²) in [6.45, 7) is 0. The molecule has 5 nitrogen and oxygen atoms in total. The van der Waals surface area contributed by atoms with Crippen molar-refractivity contribution in [1.82, 2.24) is 19.9 Å². The highest BCUT2D eigenvalue weighted by molar-refractivity contribution is 6.12. The first kappa shape index (κ1) is 34.0. The van der Waals surface area contributed by atoms with Gasteiger partial charge in [-0.3, -0.25) is 19.9 Å². The van der Waals surface area contributed by atoms with Crippen molar-refractivity contribution < 1.29 is 5.11 Å². The number of pyridine rings is 4. The van der Waals surface area contributed by atoms with Crippen LogP contribution in [0, 0.1) is 0 Å². The van der Waals surface area contributed by atoms with Crippen LogP contribution in [0.15, 0.2) is 195 Å². The zero-order chi connectivity index (χ0) is 36.7. The first-order valence-corrected chi connectivity index (χ1v) is 17.8. The molecule has 6 aromatic carbocycles. The van der Waals surface area contributed by atoms with Gasteiger partial charge in [0.1, 0.15) is 0 Å². The standard InChI is InChI=1S/2C24H16N2.CH4O/c2*1-3-7-17(8-4-1)19-13-15-25-23-21(19)11-12-22-20(14-16-26-24(22)23)18-9-5-2-6-10-18;1-2/h2*1-16H;2H,1H3. The van der Waals surface area contributed by atoms with Crippen LogP contribution in [0.2, 0.25) is 0 Å². The molecule has 0 aliphatic carbocycles. The van der Waals surface area contributed by atoms with Gasteiger partial charge < -0.3 is 5.11 Å². The molecule has 0 aliphatic rings. The van der Waals surface area contributed by atoms with Gasteiger partial charge in [0.05, 0.1) is 22.1 Å². The molecule has 0 radical (unpaired) electrons.